The van der Waals surface area contributed by atoms with Crippen LogP contribution in [-0.4, -0.2) is 33.4 Å². The summed E-state index contributed by atoms with van der Waals surface area (Å²) < 4.78 is 40.3. The van der Waals surface area contributed by atoms with Crippen molar-refractivity contribution in [1.82, 2.24) is 14.5 Å². The van der Waals surface area contributed by atoms with Gasteiger partial charge in [0, 0.05) is 25.6 Å². The van der Waals surface area contributed by atoms with E-state index >= 15 is 0 Å². The van der Waals surface area contributed by atoms with Gasteiger partial charge in [-0.1, -0.05) is 6.92 Å². The van der Waals surface area contributed by atoms with Gasteiger partial charge in [-0.15, -0.1) is 0 Å². The molecule has 1 fully saturated rings. The number of alkyl halides is 3. The molecule has 2 heterocycles. The first kappa shape index (κ1) is 16.8. The average Bonchev–Trinajstić information content (AvgIpc) is 2.97. The highest BCUT2D eigenvalue weighted by Gasteiger charge is 2.31. The molecule has 1 aromatic carbocycles. The third-order valence-electron chi connectivity index (χ3n) is 4.58. The van der Waals surface area contributed by atoms with Crippen molar-refractivity contribution in [3.05, 3.63) is 30.1 Å². The lowest BCUT2D eigenvalue weighted by atomic mass is 10.0. The highest BCUT2D eigenvalue weighted by Crippen LogP contribution is 2.33. The van der Waals surface area contributed by atoms with Crippen molar-refractivity contribution in [1.29, 1.82) is 0 Å². The average molecular weight is 339 g/mol. The number of fused-ring (bicyclic) bond motifs is 1. The van der Waals surface area contributed by atoms with E-state index in [1.807, 2.05) is 16.4 Å². The van der Waals surface area contributed by atoms with E-state index in [9.17, 15) is 18.0 Å². The molecule has 0 saturated carbocycles. The number of nitrogens with zero attached hydrogens (tertiary/aromatic N) is 3. The first-order chi connectivity index (χ1) is 11.4. The molecule has 1 aromatic heterocycles. The lowest BCUT2D eigenvalue weighted by Crippen LogP contribution is -2.38. The van der Waals surface area contributed by atoms with Gasteiger partial charge in [0.1, 0.15) is 0 Å². The van der Waals surface area contributed by atoms with Crippen LogP contribution in [0.5, 0.6) is 0 Å². The molecular formula is C17H20F3N3O. The van der Waals surface area contributed by atoms with Gasteiger partial charge < -0.3 is 9.47 Å². The van der Waals surface area contributed by atoms with E-state index in [-0.39, 0.29) is 11.9 Å². The maximum absolute atomic E-state index is 12.8. The second kappa shape index (κ2) is 6.45. The summed E-state index contributed by atoms with van der Waals surface area (Å²) in [6.07, 6.45) is 0.247. The highest BCUT2D eigenvalue weighted by molar-refractivity contribution is 5.77. The van der Waals surface area contributed by atoms with Gasteiger partial charge in [0.25, 0.3) is 0 Å². The Hall–Kier alpha value is -2.05. The number of hydrogen-bond donors (Lipinski definition) is 0. The van der Waals surface area contributed by atoms with E-state index in [1.54, 1.807) is 6.33 Å². The molecule has 0 radical (unpaired) electrons. The SMILES string of the molecule is CCCC(=O)N1CCC(n2cnc3cc(C(F)(F)F)ccc32)CC1. The molecule has 7 heteroatoms. The Kier molecular flexibility index (Phi) is 4.51. The van der Waals surface area contributed by atoms with Gasteiger partial charge in [0.15, 0.2) is 0 Å². The van der Waals surface area contributed by atoms with E-state index < -0.39 is 11.7 Å². The maximum Gasteiger partial charge on any atom is 0.416 e. The molecule has 1 aliphatic heterocycles. The van der Waals surface area contributed by atoms with Crippen LogP contribution in [0.15, 0.2) is 24.5 Å². The van der Waals surface area contributed by atoms with Crippen LogP contribution in [-0.2, 0) is 11.0 Å². The minimum Gasteiger partial charge on any atom is -0.343 e. The van der Waals surface area contributed by atoms with E-state index in [1.165, 1.54) is 6.07 Å². The standard InChI is InChI=1S/C17H20F3N3O/c1-2-3-16(24)22-8-6-13(7-9-22)23-11-21-14-10-12(17(18,19)20)4-5-15(14)23/h4-5,10-11,13H,2-3,6-9H2,1H3. The zero-order valence-electron chi connectivity index (χ0n) is 13.5. The normalized spacial score (nSPS) is 16.8. The largest absolute Gasteiger partial charge is 0.416 e. The Morgan fingerprint density at radius 3 is 2.62 bits per heavy atom. The molecule has 0 aliphatic carbocycles. The molecule has 1 amide bonds. The summed E-state index contributed by atoms with van der Waals surface area (Å²) in [4.78, 5) is 17.9. The molecule has 4 nitrogen and oxygen atoms in total. The smallest absolute Gasteiger partial charge is 0.343 e. The first-order valence-electron chi connectivity index (χ1n) is 8.21. The summed E-state index contributed by atoms with van der Waals surface area (Å²) in [7, 11) is 0. The van der Waals surface area contributed by atoms with Crippen LogP contribution in [0.1, 0.15) is 44.2 Å². The molecule has 24 heavy (non-hydrogen) atoms. The maximum atomic E-state index is 12.8. The van der Waals surface area contributed by atoms with Crippen molar-refractivity contribution < 1.29 is 18.0 Å². The predicted molar refractivity (Wildman–Crippen MR) is 84.5 cm³/mol. The van der Waals surface area contributed by atoms with E-state index in [2.05, 4.69) is 4.98 Å². The van der Waals surface area contributed by atoms with Gasteiger partial charge in [-0.05, 0) is 37.5 Å². The molecule has 3 rings (SSSR count). The van der Waals surface area contributed by atoms with Gasteiger partial charge in [-0.25, -0.2) is 4.98 Å². The molecule has 1 saturated heterocycles. The number of rotatable bonds is 3. The quantitative estimate of drug-likeness (QED) is 0.847. The van der Waals surface area contributed by atoms with Crippen LogP contribution in [0.4, 0.5) is 13.2 Å². The van der Waals surface area contributed by atoms with E-state index in [0.29, 0.717) is 30.5 Å². The zero-order chi connectivity index (χ0) is 17.3. The van der Waals surface area contributed by atoms with Crippen LogP contribution in [0, 0.1) is 0 Å². The fourth-order valence-corrected chi connectivity index (χ4v) is 3.26. The lowest BCUT2D eigenvalue weighted by Gasteiger charge is -2.33. The van der Waals surface area contributed by atoms with Crippen molar-refractivity contribution in [3.63, 3.8) is 0 Å². The molecule has 1 aliphatic rings. The Morgan fingerprint density at radius 2 is 2.00 bits per heavy atom. The van der Waals surface area contributed by atoms with E-state index in [0.717, 1.165) is 31.4 Å². The number of hydrogen-bond acceptors (Lipinski definition) is 2. The number of carbonyl (C=O) groups is 1. The molecule has 0 N–H and O–H groups in total. The summed E-state index contributed by atoms with van der Waals surface area (Å²) in [5.41, 5.74) is 0.385. The number of piperidine rings is 1. The van der Waals surface area contributed by atoms with Crippen LogP contribution in [0.2, 0.25) is 0 Å². The number of carbonyl (C=O) groups excluding carboxylic acids is 1. The Morgan fingerprint density at radius 1 is 1.29 bits per heavy atom. The van der Waals surface area contributed by atoms with E-state index in [4.69, 9.17) is 0 Å². The van der Waals surface area contributed by atoms with Gasteiger partial charge >= 0.3 is 6.18 Å². The van der Waals surface area contributed by atoms with Gasteiger partial charge in [-0.2, -0.15) is 13.2 Å². The second-order valence-corrected chi connectivity index (χ2v) is 6.22. The highest BCUT2D eigenvalue weighted by atomic mass is 19.4. The van der Waals surface area contributed by atoms with Crippen LogP contribution >= 0.6 is 0 Å². The Labute approximate surface area is 138 Å². The van der Waals surface area contributed by atoms with Crippen molar-refractivity contribution in [2.75, 3.05) is 13.1 Å². The summed E-state index contributed by atoms with van der Waals surface area (Å²) >= 11 is 0. The fourth-order valence-electron chi connectivity index (χ4n) is 3.26. The van der Waals surface area contributed by atoms with Crippen molar-refractivity contribution >= 4 is 16.9 Å². The molecule has 2 aromatic rings. The number of benzene rings is 1. The van der Waals surface area contributed by atoms with Crippen molar-refractivity contribution in [3.8, 4) is 0 Å². The number of likely N-dealkylation sites (tertiary alicyclic amines) is 1. The molecule has 0 bridgehead atoms. The number of aromatic nitrogens is 2. The molecule has 0 atom stereocenters. The summed E-state index contributed by atoms with van der Waals surface area (Å²) in [6.45, 7) is 3.35. The Bertz CT molecular complexity index is 730. The van der Waals surface area contributed by atoms with Crippen LogP contribution in [0.25, 0.3) is 11.0 Å². The van der Waals surface area contributed by atoms with Gasteiger partial charge in [0.2, 0.25) is 5.91 Å². The number of amides is 1. The fraction of sp³-hybridized carbons (Fsp3) is 0.529. The summed E-state index contributed by atoms with van der Waals surface area (Å²) in [5, 5.41) is 0. The zero-order valence-corrected chi connectivity index (χ0v) is 13.5. The molecule has 0 spiro atoms. The van der Waals surface area contributed by atoms with Crippen LogP contribution in [0.3, 0.4) is 0 Å². The first-order valence-corrected chi connectivity index (χ1v) is 8.21. The Balaban J connectivity index is 1.76. The lowest BCUT2D eigenvalue weighted by molar-refractivity contribution is -0.137. The second-order valence-electron chi connectivity index (χ2n) is 6.22. The third kappa shape index (κ3) is 3.25. The summed E-state index contributed by atoms with van der Waals surface area (Å²) in [6, 6.07) is 3.84. The monoisotopic (exact) mass is 339 g/mol. The van der Waals surface area contributed by atoms with Gasteiger partial charge in [-0.3, -0.25) is 4.79 Å². The van der Waals surface area contributed by atoms with Crippen molar-refractivity contribution in [2.45, 2.75) is 44.8 Å². The number of imidazole rings is 1. The molecular weight excluding hydrogens is 319 g/mol. The minimum absolute atomic E-state index is 0.164. The third-order valence-corrected chi connectivity index (χ3v) is 4.58. The molecule has 130 valence electrons. The topological polar surface area (TPSA) is 38.1 Å². The predicted octanol–water partition coefficient (Wildman–Crippen LogP) is 4.02. The molecule has 0 unspecified atom stereocenters. The van der Waals surface area contributed by atoms with Crippen LogP contribution < -0.4 is 0 Å². The van der Waals surface area contributed by atoms with Gasteiger partial charge in [0.05, 0.1) is 22.9 Å². The van der Waals surface area contributed by atoms with Crippen molar-refractivity contribution in [2.24, 2.45) is 0 Å². The summed E-state index contributed by atoms with van der Waals surface area (Å²) in [5.74, 6) is 0.182. The minimum atomic E-state index is -4.36. The number of halogens is 3.